The number of hydrogen-bond acceptors (Lipinski definition) is 5. The Morgan fingerprint density at radius 3 is 2.91 bits per heavy atom. The zero-order valence-corrected chi connectivity index (χ0v) is 12.9. The molecule has 0 aromatic carbocycles. The molecule has 7 nitrogen and oxygen atoms in total. The third kappa shape index (κ3) is 3.14. The van der Waals surface area contributed by atoms with Gasteiger partial charge in [-0.15, -0.1) is 0 Å². The third-order valence-corrected chi connectivity index (χ3v) is 3.78. The lowest BCUT2D eigenvalue weighted by molar-refractivity contribution is 0.0705. The molecule has 3 rings (SSSR count). The summed E-state index contributed by atoms with van der Waals surface area (Å²) in [5.41, 5.74) is 1.50. The van der Waals surface area contributed by atoms with E-state index in [4.69, 9.17) is 0 Å². The van der Waals surface area contributed by atoms with E-state index in [0.717, 1.165) is 18.8 Å². The highest BCUT2D eigenvalue weighted by Crippen LogP contribution is 2.18. The summed E-state index contributed by atoms with van der Waals surface area (Å²) in [5, 5.41) is 4.38. The maximum atomic E-state index is 12.7. The number of nitrogens with zero attached hydrogens (tertiary/aromatic N) is 6. The molecule has 0 saturated carbocycles. The van der Waals surface area contributed by atoms with E-state index < -0.39 is 0 Å². The van der Waals surface area contributed by atoms with Crippen LogP contribution < -0.4 is 0 Å². The van der Waals surface area contributed by atoms with Crippen LogP contribution in [0.3, 0.4) is 0 Å². The Morgan fingerprint density at radius 2 is 2.18 bits per heavy atom. The fraction of sp³-hybridized carbons (Fsp3) is 0.467. The molecule has 1 aliphatic heterocycles. The first-order valence-corrected chi connectivity index (χ1v) is 7.34. The van der Waals surface area contributed by atoms with E-state index >= 15 is 0 Å². The number of amides is 1. The number of fused-ring (bicyclic) bond motifs is 1. The average Bonchev–Trinajstić information content (AvgIpc) is 2.86. The van der Waals surface area contributed by atoms with Crippen LogP contribution in [0.15, 0.2) is 30.9 Å². The van der Waals surface area contributed by atoms with Crippen molar-refractivity contribution in [3.63, 3.8) is 0 Å². The van der Waals surface area contributed by atoms with Crippen LogP contribution in [0.25, 0.3) is 0 Å². The van der Waals surface area contributed by atoms with Gasteiger partial charge < -0.3 is 9.80 Å². The number of aromatic nitrogens is 4. The molecule has 1 amide bonds. The molecule has 2 aromatic heterocycles. The largest absolute Gasteiger partial charge is 0.331 e. The van der Waals surface area contributed by atoms with E-state index in [2.05, 4.69) is 20.0 Å². The predicted molar refractivity (Wildman–Crippen MR) is 81.0 cm³/mol. The van der Waals surface area contributed by atoms with Crippen molar-refractivity contribution in [2.45, 2.75) is 13.1 Å². The van der Waals surface area contributed by atoms with E-state index in [9.17, 15) is 4.79 Å². The SMILES string of the molecule is CN(C)CC1CN(C(=O)c2ccncn2)Cc2ccnn2C1. The number of carbonyl (C=O) groups excluding carboxylic acids is 1. The molecule has 7 heteroatoms. The van der Waals surface area contributed by atoms with E-state index in [1.165, 1.54) is 6.33 Å². The minimum absolute atomic E-state index is 0.0548. The highest BCUT2D eigenvalue weighted by atomic mass is 16.2. The van der Waals surface area contributed by atoms with Gasteiger partial charge in [0.1, 0.15) is 12.0 Å². The van der Waals surface area contributed by atoms with Crippen molar-refractivity contribution < 1.29 is 4.79 Å². The van der Waals surface area contributed by atoms with Crippen LogP contribution in [0.5, 0.6) is 0 Å². The highest BCUT2D eigenvalue weighted by molar-refractivity contribution is 5.92. The van der Waals surface area contributed by atoms with Crippen molar-refractivity contribution >= 4 is 5.91 Å². The Bertz CT molecular complexity index is 638. The van der Waals surface area contributed by atoms with Gasteiger partial charge in [-0.25, -0.2) is 9.97 Å². The van der Waals surface area contributed by atoms with Crippen LogP contribution >= 0.6 is 0 Å². The second kappa shape index (κ2) is 6.23. The molecule has 1 unspecified atom stereocenters. The van der Waals surface area contributed by atoms with Crippen LogP contribution in [-0.2, 0) is 13.1 Å². The lowest BCUT2D eigenvalue weighted by Crippen LogP contribution is -2.37. The summed E-state index contributed by atoms with van der Waals surface area (Å²) in [4.78, 5) is 24.7. The average molecular weight is 300 g/mol. The molecule has 0 bridgehead atoms. The standard InChI is InChI=1S/C15H20N6O/c1-19(2)7-12-8-20(10-13-3-6-18-21(13)9-12)15(22)14-4-5-16-11-17-14/h3-6,11-12H,7-10H2,1-2H3. The Balaban J connectivity index is 1.85. The zero-order chi connectivity index (χ0) is 15.5. The van der Waals surface area contributed by atoms with Crippen molar-refractivity contribution in [1.29, 1.82) is 0 Å². The lowest BCUT2D eigenvalue weighted by atomic mass is 10.1. The van der Waals surface area contributed by atoms with Gasteiger partial charge in [0.05, 0.1) is 12.2 Å². The fourth-order valence-corrected chi connectivity index (χ4v) is 2.90. The number of hydrogen-bond donors (Lipinski definition) is 0. The summed E-state index contributed by atoms with van der Waals surface area (Å²) < 4.78 is 2.00. The van der Waals surface area contributed by atoms with Crippen LogP contribution in [0, 0.1) is 5.92 Å². The van der Waals surface area contributed by atoms with E-state index in [-0.39, 0.29) is 5.91 Å². The molecule has 0 fully saturated rings. The Morgan fingerprint density at radius 1 is 1.32 bits per heavy atom. The molecule has 0 N–H and O–H groups in total. The summed E-state index contributed by atoms with van der Waals surface area (Å²) in [6, 6.07) is 3.63. The van der Waals surface area contributed by atoms with Gasteiger partial charge in [0, 0.05) is 37.9 Å². The first kappa shape index (κ1) is 14.6. The molecule has 0 saturated heterocycles. The minimum atomic E-state index is -0.0548. The normalized spacial score (nSPS) is 18.1. The number of carbonyl (C=O) groups is 1. The summed E-state index contributed by atoms with van der Waals surface area (Å²) in [5.74, 6) is 0.280. The first-order chi connectivity index (χ1) is 10.6. The van der Waals surface area contributed by atoms with E-state index in [1.54, 1.807) is 18.5 Å². The van der Waals surface area contributed by atoms with Crippen molar-refractivity contribution in [2.24, 2.45) is 5.92 Å². The molecule has 2 aromatic rings. The highest BCUT2D eigenvalue weighted by Gasteiger charge is 2.27. The molecule has 3 heterocycles. The quantitative estimate of drug-likeness (QED) is 0.826. The van der Waals surface area contributed by atoms with Gasteiger partial charge in [-0.05, 0) is 26.2 Å². The summed E-state index contributed by atoms with van der Waals surface area (Å²) >= 11 is 0. The van der Waals surface area contributed by atoms with Crippen molar-refractivity contribution in [3.8, 4) is 0 Å². The molecular weight excluding hydrogens is 280 g/mol. The van der Waals surface area contributed by atoms with Gasteiger partial charge in [-0.3, -0.25) is 9.48 Å². The molecule has 116 valence electrons. The second-order valence-electron chi connectivity index (χ2n) is 5.91. The molecule has 1 aliphatic rings. The van der Waals surface area contributed by atoms with Gasteiger partial charge in [-0.1, -0.05) is 0 Å². The maximum Gasteiger partial charge on any atom is 0.272 e. The third-order valence-electron chi connectivity index (χ3n) is 3.78. The number of rotatable bonds is 3. The lowest BCUT2D eigenvalue weighted by Gasteiger charge is -2.25. The van der Waals surface area contributed by atoms with Gasteiger partial charge in [0.15, 0.2) is 0 Å². The smallest absolute Gasteiger partial charge is 0.272 e. The van der Waals surface area contributed by atoms with Crippen molar-refractivity contribution in [3.05, 3.63) is 42.2 Å². The zero-order valence-electron chi connectivity index (χ0n) is 12.9. The molecule has 1 atom stereocenters. The summed E-state index contributed by atoms with van der Waals surface area (Å²) in [6.45, 7) is 3.00. The van der Waals surface area contributed by atoms with Gasteiger partial charge in [0.25, 0.3) is 5.91 Å². The van der Waals surface area contributed by atoms with Crippen LogP contribution in [0.1, 0.15) is 16.2 Å². The maximum absolute atomic E-state index is 12.7. The van der Waals surface area contributed by atoms with E-state index in [1.807, 2.05) is 29.7 Å². The van der Waals surface area contributed by atoms with Gasteiger partial charge >= 0.3 is 0 Å². The van der Waals surface area contributed by atoms with Crippen molar-refractivity contribution in [2.75, 3.05) is 27.2 Å². The Kier molecular flexibility index (Phi) is 4.15. The summed E-state index contributed by atoms with van der Waals surface area (Å²) in [6.07, 6.45) is 4.80. The topological polar surface area (TPSA) is 67.2 Å². The minimum Gasteiger partial charge on any atom is -0.331 e. The van der Waals surface area contributed by atoms with Crippen LogP contribution in [0.4, 0.5) is 0 Å². The van der Waals surface area contributed by atoms with Crippen molar-refractivity contribution in [1.82, 2.24) is 29.5 Å². The van der Waals surface area contributed by atoms with Crippen LogP contribution in [-0.4, -0.2) is 62.6 Å². The molecule has 0 radical (unpaired) electrons. The van der Waals surface area contributed by atoms with Gasteiger partial charge in [-0.2, -0.15) is 5.10 Å². The molecule has 22 heavy (non-hydrogen) atoms. The van der Waals surface area contributed by atoms with Crippen LogP contribution in [0.2, 0.25) is 0 Å². The molecule has 0 aliphatic carbocycles. The molecular formula is C15H20N6O. The Labute approximate surface area is 129 Å². The fourth-order valence-electron chi connectivity index (χ4n) is 2.90. The second-order valence-corrected chi connectivity index (χ2v) is 5.91. The predicted octanol–water partition coefficient (Wildman–Crippen LogP) is 0.507. The first-order valence-electron chi connectivity index (χ1n) is 7.34. The molecule has 0 spiro atoms. The van der Waals surface area contributed by atoms with E-state index in [0.29, 0.717) is 24.7 Å². The monoisotopic (exact) mass is 300 g/mol. The Hall–Kier alpha value is -2.28. The summed E-state index contributed by atoms with van der Waals surface area (Å²) in [7, 11) is 4.09. The van der Waals surface area contributed by atoms with Gasteiger partial charge in [0.2, 0.25) is 0 Å².